The zero-order chi connectivity index (χ0) is 13.0. The van der Waals surface area contributed by atoms with Gasteiger partial charge in [0, 0.05) is 36.1 Å². The van der Waals surface area contributed by atoms with Crippen LogP contribution in [0.3, 0.4) is 0 Å². The van der Waals surface area contributed by atoms with Crippen LogP contribution in [0.25, 0.3) is 0 Å². The van der Waals surface area contributed by atoms with E-state index in [4.69, 9.17) is 11.6 Å². The Hall–Kier alpha value is -1.45. The Morgan fingerprint density at radius 1 is 1.22 bits per heavy atom. The minimum Gasteiger partial charge on any atom is -0.308 e. The first-order chi connectivity index (χ1) is 8.66. The van der Waals surface area contributed by atoms with Gasteiger partial charge in [0.1, 0.15) is 5.82 Å². The van der Waals surface area contributed by atoms with Crippen LogP contribution >= 0.6 is 11.6 Å². The Kier molecular flexibility index (Phi) is 4.28. The van der Waals surface area contributed by atoms with Crippen LogP contribution in [-0.2, 0) is 13.1 Å². The van der Waals surface area contributed by atoms with E-state index in [9.17, 15) is 4.39 Å². The molecule has 94 valence electrons. The van der Waals surface area contributed by atoms with Crippen LogP contribution in [0.5, 0.6) is 0 Å². The van der Waals surface area contributed by atoms with Gasteiger partial charge in [0.25, 0.3) is 0 Å². The van der Waals surface area contributed by atoms with Gasteiger partial charge in [-0.2, -0.15) is 0 Å². The van der Waals surface area contributed by atoms with E-state index in [1.54, 1.807) is 18.3 Å². The van der Waals surface area contributed by atoms with E-state index >= 15 is 0 Å². The van der Waals surface area contributed by atoms with Crippen LogP contribution in [0, 0.1) is 12.7 Å². The van der Waals surface area contributed by atoms with Crippen molar-refractivity contribution in [3.8, 4) is 0 Å². The summed E-state index contributed by atoms with van der Waals surface area (Å²) in [6.45, 7) is 3.13. The van der Waals surface area contributed by atoms with Gasteiger partial charge in [0.05, 0.1) is 0 Å². The fraction of sp³-hybridized carbons (Fsp3) is 0.214. The number of aromatic nitrogens is 1. The number of nitrogens with zero attached hydrogens (tertiary/aromatic N) is 1. The first kappa shape index (κ1) is 13.0. The van der Waals surface area contributed by atoms with Gasteiger partial charge in [-0.1, -0.05) is 11.6 Å². The van der Waals surface area contributed by atoms with Crippen LogP contribution in [0.4, 0.5) is 4.39 Å². The monoisotopic (exact) mass is 264 g/mol. The molecule has 0 aliphatic carbocycles. The third-order valence-electron chi connectivity index (χ3n) is 2.79. The lowest BCUT2D eigenvalue weighted by Gasteiger charge is -2.08. The molecule has 0 aliphatic rings. The van der Waals surface area contributed by atoms with E-state index in [0.29, 0.717) is 23.7 Å². The molecule has 0 fully saturated rings. The molecule has 1 aromatic carbocycles. The largest absolute Gasteiger partial charge is 0.308 e. The number of hydrogen-bond donors (Lipinski definition) is 1. The van der Waals surface area contributed by atoms with Gasteiger partial charge < -0.3 is 5.32 Å². The minimum atomic E-state index is -0.241. The van der Waals surface area contributed by atoms with Crippen molar-refractivity contribution in [2.45, 2.75) is 20.0 Å². The van der Waals surface area contributed by atoms with Crippen LogP contribution in [0.2, 0.25) is 5.02 Å². The van der Waals surface area contributed by atoms with Crippen molar-refractivity contribution in [2.24, 2.45) is 0 Å². The lowest BCUT2D eigenvalue weighted by atomic mass is 10.1. The van der Waals surface area contributed by atoms with E-state index in [1.807, 2.05) is 19.2 Å². The second-order valence-electron chi connectivity index (χ2n) is 4.14. The van der Waals surface area contributed by atoms with Gasteiger partial charge in [-0.3, -0.25) is 4.98 Å². The molecule has 18 heavy (non-hydrogen) atoms. The Morgan fingerprint density at radius 3 is 2.78 bits per heavy atom. The lowest BCUT2D eigenvalue weighted by Crippen LogP contribution is -2.14. The molecule has 0 amide bonds. The van der Waals surface area contributed by atoms with Crippen molar-refractivity contribution in [1.29, 1.82) is 0 Å². The predicted molar refractivity (Wildman–Crippen MR) is 70.9 cm³/mol. The number of nitrogens with one attached hydrogen (secondary N) is 1. The fourth-order valence-electron chi connectivity index (χ4n) is 1.69. The quantitative estimate of drug-likeness (QED) is 0.915. The number of aryl methyl sites for hydroxylation is 1. The van der Waals surface area contributed by atoms with Gasteiger partial charge in [-0.25, -0.2) is 4.39 Å². The van der Waals surface area contributed by atoms with Gasteiger partial charge in [0.15, 0.2) is 0 Å². The summed E-state index contributed by atoms with van der Waals surface area (Å²) in [5.74, 6) is -0.241. The molecule has 0 spiro atoms. The molecular formula is C14H14ClFN2. The Morgan fingerprint density at radius 2 is 2.00 bits per heavy atom. The first-order valence-corrected chi connectivity index (χ1v) is 6.09. The van der Waals surface area contributed by atoms with Crippen LogP contribution in [0.1, 0.15) is 16.7 Å². The maximum Gasteiger partial charge on any atom is 0.127 e. The van der Waals surface area contributed by atoms with Crippen molar-refractivity contribution in [1.82, 2.24) is 10.3 Å². The standard InChI is InChI=1S/C14H14ClFN2/c1-10-4-5-17-8-12(10)9-18-7-11-6-13(15)2-3-14(11)16/h2-6,8,18H,7,9H2,1H3. The van der Waals surface area contributed by atoms with E-state index in [0.717, 1.165) is 5.56 Å². The van der Waals surface area contributed by atoms with Crippen LogP contribution < -0.4 is 5.32 Å². The summed E-state index contributed by atoms with van der Waals surface area (Å²) >= 11 is 5.83. The summed E-state index contributed by atoms with van der Waals surface area (Å²) < 4.78 is 13.5. The molecular weight excluding hydrogens is 251 g/mol. The van der Waals surface area contributed by atoms with Crippen molar-refractivity contribution in [2.75, 3.05) is 0 Å². The SMILES string of the molecule is Cc1ccncc1CNCc1cc(Cl)ccc1F. The maximum atomic E-state index is 13.5. The smallest absolute Gasteiger partial charge is 0.127 e. The Labute approximate surface area is 111 Å². The number of benzene rings is 1. The summed E-state index contributed by atoms with van der Waals surface area (Å²) in [7, 11) is 0. The van der Waals surface area contributed by atoms with Crippen molar-refractivity contribution in [3.63, 3.8) is 0 Å². The van der Waals surface area contributed by atoms with Crippen molar-refractivity contribution in [3.05, 3.63) is 64.2 Å². The summed E-state index contributed by atoms with van der Waals surface area (Å²) in [6.07, 6.45) is 3.58. The Balaban J connectivity index is 1.96. The summed E-state index contributed by atoms with van der Waals surface area (Å²) in [4.78, 5) is 4.07. The highest BCUT2D eigenvalue weighted by Crippen LogP contribution is 2.15. The predicted octanol–water partition coefficient (Wildman–Crippen LogP) is 3.47. The fourth-order valence-corrected chi connectivity index (χ4v) is 1.89. The third kappa shape index (κ3) is 3.28. The zero-order valence-electron chi connectivity index (χ0n) is 10.1. The highest BCUT2D eigenvalue weighted by Gasteiger charge is 2.03. The average molecular weight is 265 g/mol. The van der Waals surface area contributed by atoms with Gasteiger partial charge >= 0.3 is 0 Å². The molecule has 0 bridgehead atoms. The molecule has 1 aromatic heterocycles. The first-order valence-electron chi connectivity index (χ1n) is 5.71. The average Bonchev–Trinajstić information content (AvgIpc) is 2.36. The van der Waals surface area contributed by atoms with E-state index in [-0.39, 0.29) is 5.82 Å². The summed E-state index contributed by atoms with van der Waals surface area (Å²) in [5, 5.41) is 3.74. The molecule has 2 aromatic rings. The zero-order valence-corrected chi connectivity index (χ0v) is 10.8. The second-order valence-corrected chi connectivity index (χ2v) is 4.58. The minimum absolute atomic E-state index is 0.241. The normalized spacial score (nSPS) is 10.6. The molecule has 0 radical (unpaired) electrons. The van der Waals surface area contributed by atoms with Crippen LogP contribution in [0.15, 0.2) is 36.7 Å². The second kappa shape index (κ2) is 5.94. The number of rotatable bonds is 4. The van der Waals surface area contributed by atoms with Crippen LogP contribution in [-0.4, -0.2) is 4.98 Å². The highest BCUT2D eigenvalue weighted by molar-refractivity contribution is 6.30. The molecule has 2 rings (SSSR count). The summed E-state index contributed by atoms with van der Waals surface area (Å²) in [5.41, 5.74) is 2.85. The molecule has 1 heterocycles. The maximum absolute atomic E-state index is 13.5. The number of pyridine rings is 1. The highest BCUT2D eigenvalue weighted by atomic mass is 35.5. The lowest BCUT2D eigenvalue weighted by molar-refractivity contribution is 0.587. The van der Waals surface area contributed by atoms with Gasteiger partial charge in [-0.15, -0.1) is 0 Å². The van der Waals surface area contributed by atoms with E-state index < -0.39 is 0 Å². The van der Waals surface area contributed by atoms with E-state index in [1.165, 1.54) is 11.6 Å². The van der Waals surface area contributed by atoms with E-state index in [2.05, 4.69) is 10.3 Å². The Bertz CT molecular complexity index is 543. The van der Waals surface area contributed by atoms with Crippen molar-refractivity contribution >= 4 is 11.6 Å². The number of halogens is 2. The molecule has 4 heteroatoms. The molecule has 2 nitrogen and oxygen atoms in total. The molecule has 0 unspecified atom stereocenters. The van der Waals surface area contributed by atoms with Crippen molar-refractivity contribution < 1.29 is 4.39 Å². The molecule has 0 saturated carbocycles. The molecule has 1 N–H and O–H groups in total. The molecule has 0 aliphatic heterocycles. The molecule has 0 atom stereocenters. The molecule has 0 saturated heterocycles. The van der Waals surface area contributed by atoms with Gasteiger partial charge in [-0.05, 0) is 42.3 Å². The third-order valence-corrected chi connectivity index (χ3v) is 3.02. The number of hydrogen-bond acceptors (Lipinski definition) is 2. The summed E-state index contributed by atoms with van der Waals surface area (Å²) in [6, 6.07) is 6.53. The van der Waals surface area contributed by atoms with Gasteiger partial charge in [0.2, 0.25) is 0 Å². The topological polar surface area (TPSA) is 24.9 Å².